The smallest absolute Gasteiger partial charge is 0.159 e. The minimum Gasteiger partial charge on any atom is -0.247 e. The van der Waals surface area contributed by atoms with E-state index in [9.17, 15) is 13.2 Å². The molecule has 1 aromatic carbocycles. The second-order valence-electron chi connectivity index (χ2n) is 7.39. The molecule has 0 N–H and O–H groups in total. The van der Waals surface area contributed by atoms with Crippen LogP contribution in [0, 0.1) is 29.4 Å². The van der Waals surface area contributed by atoms with E-state index >= 15 is 0 Å². The maximum atomic E-state index is 14.6. The number of hydrogen-bond acceptors (Lipinski definition) is 0. The Morgan fingerprint density at radius 3 is 2.18 bits per heavy atom. The summed E-state index contributed by atoms with van der Waals surface area (Å²) in [5, 5.41) is 0. The predicted molar refractivity (Wildman–Crippen MR) is 82.5 cm³/mol. The Hall–Kier alpha value is -0.990. The van der Waals surface area contributed by atoms with E-state index in [4.69, 9.17) is 0 Å². The Balaban J connectivity index is 1.63. The fourth-order valence-electron chi connectivity index (χ4n) is 4.45. The molecule has 0 amide bonds. The highest BCUT2D eigenvalue weighted by atomic mass is 19.2. The van der Waals surface area contributed by atoms with Gasteiger partial charge in [0.2, 0.25) is 0 Å². The third-order valence-corrected chi connectivity index (χ3v) is 5.91. The van der Waals surface area contributed by atoms with Gasteiger partial charge in [0, 0.05) is 5.92 Å². The van der Waals surface area contributed by atoms with Crippen molar-refractivity contribution in [2.75, 3.05) is 0 Å². The molecule has 1 aromatic rings. The van der Waals surface area contributed by atoms with Gasteiger partial charge in [0.1, 0.15) is 6.17 Å². The van der Waals surface area contributed by atoms with Crippen molar-refractivity contribution in [3.05, 3.63) is 35.4 Å². The average Bonchev–Trinajstić information content (AvgIpc) is 2.51. The van der Waals surface area contributed by atoms with Gasteiger partial charge in [0.05, 0.1) is 0 Å². The summed E-state index contributed by atoms with van der Waals surface area (Å²) in [6.45, 7) is 2.30. The minimum absolute atomic E-state index is 0.270. The zero-order valence-electron chi connectivity index (χ0n) is 13.2. The van der Waals surface area contributed by atoms with Crippen LogP contribution in [0.4, 0.5) is 13.2 Å². The number of rotatable bonds is 2. The van der Waals surface area contributed by atoms with Crippen molar-refractivity contribution < 1.29 is 13.2 Å². The topological polar surface area (TPSA) is 0 Å². The van der Waals surface area contributed by atoms with Crippen molar-refractivity contribution in [2.24, 2.45) is 17.8 Å². The van der Waals surface area contributed by atoms with E-state index in [1.165, 1.54) is 37.8 Å². The molecule has 0 heterocycles. The van der Waals surface area contributed by atoms with Gasteiger partial charge < -0.3 is 0 Å². The van der Waals surface area contributed by atoms with E-state index in [2.05, 4.69) is 6.92 Å². The van der Waals surface area contributed by atoms with E-state index in [0.29, 0.717) is 23.8 Å². The fourth-order valence-corrected chi connectivity index (χ4v) is 4.45. The largest absolute Gasteiger partial charge is 0.247 e. The highest BCUT2D eigenvalue weighted by Gasteiger charge is 2.36. The van der Waals surface area contributed by atoms with Gasteiger partial charge in [-0.05, 0) is 67.6 Å². The molecule has 3 unspecified atom stereocenters. The summed E-state index contributed by atoms with van der Waals surface area (Å²) in [5.41, 5.74) is 0.613. The SMILES string of the molecule is CC1CCC(C2CCC(c3ccc(F)c(F)c3)C(F)C2)CC1. The number of alkyl halides is 1. The monoisotopic (exact) mass is 310 g/mol. The molecule has 0 nitrogen and oxygen atoms in total. The van der Waals surface area contributed by atoms with Crippen LogP contribution in [0.3, 0.4) is 0 Å². The molecule has 0 bridgehead atoms. The van der Waals surface area contributed by atoms with Gasteiger partial charge in [-0.2, -0.15) is 0 Å². The second kappa shape index (κ2) is 6.64. The Bertz CT molecular complexity index is 505. The van der Waals surface area contributed by atoms with Crippen molar-refractivity contribution in [3.8, 4) is 0 Å². The Labute approximate surface area is 131 Å². The van der Waals surface area contributed by atoms with Crippen molar-refractivity contribution >= 4 is 0 Å². The van der Waals surface area contributed by atoms with Gasteiger partial charge >= 0.3 is 0 Å². The molecule has 2 fully saturated rings. The van der Waals surface area contributed by atoms with Crippen LogP contribution in [0.5, 0.6) is 0 Å². The molecule has 0 aliphatic heterocycles. The Morgan fingerprint density at radius 2 is 1.55 bits per heavy atom. The van der Waals surface area contributed by atoms with Crippen molar-refractivity contribution in [2.45, 2.75) is 64.0 Å². The first-order chi connectivity index (χ1) is 10.5. The molecule has 0 radical (unpaired) electrons. The van der Waals surface area contributed by atoms with Crippen LogP contribution < -0.4 is 0 Å². The molecule has 0 aromatic heterocycles. The summed E-state index contributed by atoms with van der Waals surface area (Å²) >= 11 is 0. The lowest BCUT2D eigenvalue weighted by atomic mass is 9.68. The van der Waals surface area contributed by atoms with E-state index in [0.717, 1.165) is 24.8 Å². The summed E-state index contributed by atoms with van der Waals surface area (Å²) in [7, 11) is 0. The lowest BCUT2D eigenvalue weighted by Crippen LogP contribution is -2.30. The molecule has 22 heavy (non-hydrogen) atoms. The van der Waals surface area contributed by atoms with Crippen molar-refractivity contribution in [1.29, 1.82) is 0 Å². The van der Waals surface area contributed by atoms with E-state index in [1.54, 1.807) is 0 Å². The lowest BCUT2D eigenvalue weighted by Gasteiger charge is -2.39. The molecule has 2 saturated carbocycles. The quantitative estimate of drug-likeness (QED) is 0.627. The first-order valence-electron chi connectivity index (χ1n) is 8.63. The van der Waals surface area contributed by atoms with Crippen LogP contribution in [-0.4, -0.2) is 6.17 Å². The molecule has 2 aliphatic rings. The first kappa shape index (κ1) is 15.9. The molecule has 0 saturated heterocycles. The maximum absolute atomic E-state index is 14.6. The van der Waals surface area contributed by atoms with Gasteiger partial charge in [-0.25, -0.2) is 13.2 Å². The summed E-state index contributed by atoms with van der Waals surface area (Å²) in [4.78, 5) is 0. The van der Waals surface area contributed by atoms with E-state index < -0.39 is 17.8 Å². The standard InChI is InChI=1S/C19H25F3/c1-12-2-4-13(5-3-12)14-6-8-16(18(21)10-14)15-7-9-17(20)19(22)11-15/h7,9,11-14,16,18H,2-6,8,10H2,1H3. The molecular weight excluding hydrogens is 285 g/mol. The van der Waals surface area contributed by atoms with Crippen LogP contribution in [-0.2, 0) is 0 Å². The van der Waals surface area contributed by atoms with E-state index in [-0.39, 0.29) is 5.92 Å². The summed E-state index contributed by atoms with van der Waals surface area (Å²) in [6, 6.07) is 3.83. The molecular formula is C19H25F3. The third-order valence-electron chi connectivity index (χ3n) is 5.91. The Kier molecular flexibility index (Phi) is 4.79. The van der Waals surface area contributed by atoms with E-state index in [1.807, 2.05) is 0 Å². The minimum atomic E-state index is -0.928. The van der Waals surface area contributed by atoms with Crippen LogP contribution in [0.25, 0.3) is 0 Å². The van der Waals surface area contributed by atoms with Crippen molar-refractivity contribution in [3.63, 3.8) is 0 Å². The van der Waals surface area contributed by atoms with Gasteiger partial charge in [-0.3, -0.25) is 0 Å². The first-order valence-corrected chi connectivity index (χ1v) is 8.63. The molecule has 0 spiro atoms. The normalized spacial score (nSPS) is 36.3. The Morgan fingerprint density at radius 1 is 0.864 bits per heavy atom. The summed E-state index contributed by atoms with van der Waals surface area (Å²) in [6.07, 6.45) is 6.43. The predicted octanol–water partition coefficient (Wildman–Crippen LogP) is 6.01. The third kappa shape index (κ3) is 3.33. The maximum Gasteiger partial charge on any atom is 0.159 e. The zero-order chi connectivity index (χ0) is 15.7. The number of halogens is 3. The van der Waals surface area contributed by atoms with Crippen LogP contribution >= 0.6 is 0 Å². The number of benzene rings is 1. The van der Waals surface area contributed by atoms with Crippen LogP contribution in [0.1, 0.15) is 63.4 Å². The number of hydrogen-bond donors (Lipinski definition) is 0. The van der Waals surface area contributed by atoms with Gasteiger partial charge in [-0.1, -0.05) is 25.8 Å². The fraction of sp³-hybridized carbons (Fsp3) is 0.684. The molecule has 122 valence electrons. The molecule has 3 heteroatoms. The average molecular weight is 310 g/mol. The van der Waals surface area contributed by atoms with Gasteiger partial charge in [0.15, 0.2) is 11.6 Å². The molecule has 3 rings (SSSR count). The highest BCUT2D eigenvalue weighted by molar-refractivity contribution is 5.23. The van der Waals surface area contributed by atoms with Gasteiger partial charge in [-0.15, -0.1) is 0 Å². The zero-order valence-corrected chi connectivity index (χ0v) is 13.2. The molecule has 2 aliphatic carbocycles. The summed E-state index contributed by atoms with van der Waals surface area (Å²) < 4.78 is 41.0. The lowest BCUT2D eigenvalue weighted by molar-refractivity contribution is 0.105. The highest BCUT2D eigenvalue weighted by Crippen LogP contribution is 2.45. The second-order valence-corrected chi connectivity index (χ2v) is 7.39. The van der Waals surface area contributed by atoms with Gasteiger partial charge in [0.25, 0.3) is 0 Å². The summed E-state index contributed by atoms with van der Waals surface area (Å²) in [5.74, 6) is -0.0357. The van der Waals surface area contributed by atoms with Crippen LogP contribution in [0.15, 0.2) is 18.2 Å². The molecule has 3 atom stereocenters. The van der Waals surface area contributed by atoms with Crippen molar-refractivity contribution in [1.82, 2.24) is 0 Å². The van der Waals surface area contributed by atoms with Crippen LogP contribution in [0.2, 0.25) is 0 Å².